The summed E-state index contributed by atoms with van der Waals surface area (Å²) in [5.41, 5.74) is 6.15. The number of aliphatic hydroxyl groups is 1. The van der Waals surface area contributed by atoms with Crippen LogP contribution in [0, 0.1) is 0 Å². The van der Waals surface area contributed by atoms with Gasteiger partial charge in [0.15, 0.2) is 9.84 Å². The zero-order valence-corrected chi connectivity index (χ0v) is 13.8. The summed E-state index contributed by atoms with van der Waals surface area (Å²) in [5, 5.41) is 8.82. The van der Waals surface area contributed by atoms with E-state index in [0.717, 1.165) is 6.54 Å². The van der Waals surface area contributed by atoms with E-state index in [9.17, 15) is 8.42 Å². The van der Waals surface area contributed by atoms with Gasteiger partial charge >= 0.3 is 0 Å². The van der Waals surface area contributed by atoms with Crippen LogP contribution in [0.25, 0.3) is 0 Å². The predicted octanol–water partition coefficient (Wildman–Crippen LogP) is 0.799. The highest BCUT2D eigenvalue weighted by Gasteiger charge is 2.16. The van der Waals surface area contributed by atoms with E-state index in [1.54, 1.807) is 12.1 Å². The highest BCUT2D eigenvalue weighted by molar-refractivity contribution is 7.91. The molecule has 1 aromatic carbocycles. The van der Waals surface area contributed by atoms with E-state index < -0.39 is 9.84 Å². The van der Waals surface area contributed by atoms with Crippen molar-refractivity contribution in [1.82, 2.24) is 4.90 Å². The van der Waals surface area contributed by atoms with Crippen LogP contribution in [-0.2, 0) is 9.84 Å². The maximum Gasteiger partial charge on any atom is 0.179 e. The average molecular weight is 330 g/mol. The number of thiocarbonyl (C=S) groups is 1. The molecule has 0 heterocycles. The van der Waals surface area contributed by atoms with E-state index in [0.29, 0.717) is 25.1 Å². The fraction of sp³-hybridized carbons (Fsp3) is 0.500. The number of benzene rings is 1. The molecular weight excluding hydrogens is 308 g/mol. The van der Waals surface area contributed by atoms with Crippen LogP contribution in [0.2, 0.25) is 0 Å². The van der Waals surface area contributed by atoms with Gasteiger partial charge in [0, 0.05) is 25.3 Å². The van der Waals surface area contributed by atoms with Crippen molar-refractivity contribution < 1.29 is 13.5 Å². The second kappa shape index (κ2) is 8.43. The van der Waals surface area contributed by atoms with E-state index in [1.807, 2.05) is 11.8 Å². The Hall–Kier alpha value is -1.02. The van der Waals surface area contributed by atoms with E-state index in [4.69, 9.17) is 23.1 Å². The Bertz CT molecular complexity index is 556. The lowest BCUT2D eigenvalue weighted by Gasteiger charge is -2.19. The Morgan fingerprint density at radius 2 is 1.90 bits per heavy atom. The minimum atomic E-state index is -3.32. The molecule has 1 aromatic rings. The Morgan fingerprint density at radius 3 is 2.38 bits per heavy atom. The van der Waals surface area contributed by atoms with Crippen LogP contribution in [0.4, 0.5) is 0 Å². The Morgan fingerprint density at radius 1 is 1.29 bits per heavy atom. The van der Waals surface area contributed by atoms with Crippen LogP contribution in [0.3, 0.4) is 0 Å². The first kappa shape index (κ1) is 18.0. The molecule has 0 radical (unpaired) electrons. The monoisotopic (exact) mass is 330 g/mol. The largest absolute Gasteiger partial charge is 0.396 e. The molecule has 1 rings (SSSR count). The van der Waals surface area contributed by atoms with Crippen molar-refractivity contribution in [3.05, 3.63) is 29.8 Å². The molecule has 0 aliphatic heterocycles. The maximum absolute atomic E-state index is 12.3. The number of aliphatic hydroxyl groups excluding tert-OH is 1. The first-order valence-corrected chi connectivity index (χ1v) is 8.92. The van der Waals surface area contributed by atoms with E-state index in [1.165, 1.54) is 12.1 Å². The number of hydrogen-bond donors (Lipinski definition) is 2. The topological polar surface area (TPSA) is 83.6 Å². The van der Waals surface area contributed by atoms with Gasteiger partial charge in [-0.1, -0.05) is 31.3 Å². The minimum absolute atomic E-state index is 0.0543. The Balaban J connectivity index is 2.70. The number of rotatable bonds is 9. The highest BCUT2D eigenvalue weighted by atomic mass is 32.2. The standard InChI is InChI=1S/C14H22N2O3S2/c1-2-16(8-3-10-17)9-11-21(18,19)13-6-4-12(5-7-13)14(15)20/h4-7,17H,2-3,8-11H2,1H3,(H2,15,20). The van der Waals surface area contributed by atoms with Gasteiger partial charge in [-0.2, -0.15) is 0 Å². The molecule has 3 N–H and O–H groups in total. The summed E-state index contributed by atoms with van der Waals surface area (Å²) >= 11 is 4.84. The smallest absolute Gasteiger partial charge is 0.179 e. The van der Waals surface area contributed by atoms with Gasteiger partial charge in [0.1, 0.15) is 4.99 Å². The summed E-state index contributed by atoms with van der Waals surface area (Å²) in [6.45, 7) is 4.00. The van der Waals surface area contributed by atoms with E-state index in [2.05, 4.69) is 0 Å². The molecule has 0 bridgehead atoms. The molecule has 21 heavy (non-hydrogen) atoms. The fourth-order valence-electron chi connectivity index (χ4n) is 1.92. The third-order valence-electron chi connectivity index (χ3n) is 3.25. The third kappa shape index (κ3) is 5.70. The fourth-order valence-corrected chi connectivity index (χ4v) is 3.34. The van der Waals surface area contributed by atoms with Gasteiger partial charge in [-0.3, -0.25) is 0 Å². The molecule has 0 aliphatic rings. The van der Waals surface area contributed by atoms with Crippen molar-refractivity contribution in [2.75, 3.05) is 32.0 Å². The van der Waals surface area contributed by atoms with E-state index in [-0.39, 0.29) is 22.2 Å². The molecule has 0 aliphatic carbocycles. The summed E-state index contributed by atoms with van der Waals surface area (Å²) in [7, 11) is -3.32. The summed E-state index contributed by atoms with van der Waals surface area (Å²) in [5.74, 6) is 0.0543. The molecule has 0 saturated heterocycles. The maximum atomic E-state index is 12.3. The lowest BCUT2D eigenvalue weighted by molar-refractivity contribution is 0.237. The normalized spacial score (nSPS) is 11.8. The summed E-state index contributed by atoms with van der Waals surface area (Å²) in [6, 6.07) is 6.32. The van der Waals surface area contributed by atoms with Crippen LogP contribution >= 0.6 is 12.2 Å². The summed E-state index contributed by atoms with van der Waals surface area (Å²) in [4.78, 5) is 2.54. The number of hydrogen-bond acceptors (Lipinski definition) is 5. The third-order valence-corrected chi connectivity index (χ3v) is 5.20. The van der Waals surface area contributed by atoms with Crippen molar-refractivity contribution in [3.63, 3.8) is 0 Å². The molecule has 0 fully saturated rings. The lowest BCUT2D eigenvalue weighted by Crippen LogP contribution is -2.30. The zero-order valence-electron chi connectivity index (χ0n) is 12.2. The number of nitrogens with zero attached hydrogens (tertiary/aromatic N) is 1. The second-order valence-electron chi connectivity index (χ2n) is 4.72. The highest BCUT2D eigenvalue weighted by Crippen LogP contribution is 2.13. The Kier molecular flexibility index (Phi) is 7.24. The van der Waals surface area contributed by atoms with Crippen molar-refractivity contribution in [1.29, 1.82) is 0 Å². The van der Waals surface area contributed by atoms with Crippen LogP contribution in [-0.4, -0.2) is 55.4 Å². The van der Waals surface area contributed by atoms with Crippen LogP contribution in [0.15, 0.2) is 29.2 Å². The SMILES string of the molecule is CCN(CCCO)CCS(=O)(=O)c1ccc(C(N)=S)cc1. The summed E-state index contributed by atoms with van der Waals surface area (Å²) < 4.78 is 24.5. The van der Waals surface area contributed by atoms with Crippen molar-refractivity contribution in [2.24, 2.45) is 5.73 Å². The van der Waals surface area contributed by atoms with Crippen LogP contribution in [0.5, 0.6) is 0 Å². The average Bonchev–Trinajstić information content (AvgIpc) is 2.47. The number of sulfone groups is 1. The quantitative estimate of drug-likeness (QED) is 0.652. The molecule has 118 valence electrons. The molecule has 0 unspecified atom stereocenters. The molecule has 0 amide bonds. The van der Waals surface area contributed by atoms with Gasteiger partial charge in [0.05, 0.1) is 10.6 Å². The molecule has 0 spiro atoms. The predicted molar refractivity (Wildman–Crippen MR) is 88.2 cm³/mol. The summed E-state index contributed by atoms with van der Waals surface area (Å²) in [6.07, 6.45) is 0.649. The van der Waals surface area contributed by atoms with Crippen molar-refractivity contribution in [3.8, 4) is 0 Å². The van der Waals surface area contributed by atoms with E-state index >= 15 is 0 Å². The zero-order chi connectivity index (χ0) is 15.9. The lowest BCUT2D eigenvalue weighted by atomic mass is 10.2. The van der Waals surface area contributed by atoms with Gasteiger partial charge < -0.3 is 15.7 Å². The first-order chi connectivity index (χ1) is 9.90. The van der Waals surface area contributed by atoms with Gasteiger partial charge in [-0.05, 0) is 25.1 Å². The van der Waals surface area contributed by atoms with Crippen LogP contribution < -0.4 is 5.73 Å². The molecule has 0 aromatic heterocycles. The van der Waals surface area contributed by atoms with Gasteiger partial charge in [-0.15, -0.1) is 0 Å². The Labute approximate surface area is 131 Å². The molecular formula is C14H22N2O3S2. The second-order valence-corrected chi connectivity index (χ2v) is 7.27. The van der Waals surface area contributed by atoms with Gasteiger partial charge in [0.25, 0.3) is 0 Å². The van der Waals surface area contributed by atoms with Crippen molar-refractivity contribution >= 4 is 27.0 Å². The molecule has 0 atom stereocenters. The first-order valence-electron chi connectivity index (χ1n) is 6.86. The molecule has 0 saturated carbocycles. The minimum Gasteiger partial charge on any atom is -0.396 e. The van der Waals surface area contributed by atoms with Crippen LogP contribution in [0.1, 0.15) is 18.9 Å². The number of nitrogens with two attached hydrogens (primary N) is 1. The van der Waals surface area contributed by atoms with Crippen molar-refractivity contribution in [2.45, 2.75) is 18.2 Å². The molecule has 7 heteroatoms. The molecule has 5 nitrogen and oxygen atoms in total. The van der Waals surface area contributed by atoms with Gasteiger partial charge in [0.2, 0.25) is 0 Å². The van der Waals surface area contributed by atoms with Gasteiger partial charge in [-0.25, -0.2) is 8.42 Å².